The smallest absolute Gasteiger partial charge is 0.274 e. The van der Waals surface area contributed by atoms with Crippen LogP contribution >= 0.6 is 0 Å². The van der Waals surface area contributed by atoms with E-state index < -0.39 is 29.4 Å². The molecule has 0 radical (unpaired) electrons. The molecule has 4 aromatic rings. The molecular weight excluding hydrogens is 508 g/mol. The minimum atomic E-state index is -1.41. The number of hydrogen-bond acceptors (Lipinski definition) is 7. The number of ether oxygens (including phenoxy) is 3. The maximum Gasteiger partial charge on any atom is 0.274 e. The molecule has 0 aliphatic carbocycles. The van der Waals surface area contributed by atoms with E-state index in [4.69, 9.17) is 14.2 Å². The molecule has 0 saturated carbocycles. The van der Waals surface area contributed by atoms with Crippen molar-refractivity contribution in [1.29, 1.82) is 0 Å². The number of amides is 1. The van der Waals surface area contributed by atoms with Crippen LogP contribution in [-0.2, 0) is 9.53 Å². The summed E-state index contributed by atoms with van der Waals surface area (Å²) in [6.45, 7) is 3.23. The summed E-state index contributed by atoms with van der Waals surface area (Å²) in [5, 5.41) is 12.9. The summed E-state index contributed by atoms with van der Waals surface area (Å²) in [5.41, 5.74) is 1.40. The Kier molecular flexibility index (Phi) is 9.14. The number of aldehydes is 1. The van der Waals surface area contributed by atoms with Gasteiger partial charge in [0.05, 0.1) is 19.8 Å². The Hall–Kier alpha value is -4.69. The summed E-state index contributed by atoms with van der Waals surface area (Å²) in [4.78, 5) is 28.9. The van der Waals surface area contributed by atoms with E-state index in [1.165, 1.54) is 26.3 Å². The highest BCUT2D eigenvalue weighted by Gasteiger charge is 2.32. The molecule has 0 fully saturated rings. The molecule has 8 heteroatoms. The minimum absolute atomic E-state index is 0.0945. The largest absolute Gasteiger partial charge is 0.503 e. The topological polar surface area (TPSA) is 107 Å². The lowest BCUT2D eigenvalue weighted by molar-refractivity contribution is -0.117. The predicted molar refractivity (Wildman–Crippen MR) is 151 cm³/mol. The number of aromatic hydroxyl groups is 1. The first kappa shape index (κ1) is 28.3. The Labute approximate surface area is 233 Å². The van der Waals surface area contributed by atoms with Crippen molar-refractivity contribution in [3.63, 3.8) is 0 Å². The average Bonchev–Trinajstić information content (AvgIpc) is 3.00. The summed E-state index contributed by atoms with van der Waals surface area (Å²) in [6.07, 6.45) is 0.903. The molecule has 0 spiro atoms. The number of carbonyl (C=O) groups excluding carboxylic acids is 2. The highest BCUT2D eigenvalue weighted by Crippen LogP contribution is 2.30. The number of hydrogen-bond donors (Lipinski definition) is 2. The second-order valence-corrected chi connectivity index (χ2v) is 9.56. The molecule has 0 bridgehead atoms. The van der Waals surface area contributed by atoms with Gasteiger partial charge in [-0.25, -0.2) is 4.98 Å². The fourth-order valence-electron chi connectivity index (χ4n) is 4.15. The van der Waals surface area contributed by atoms with Crippen LogP contribution in [0.3, 0.4) is 0 Å². The van der Waals surface area contributed by atoms with Gasteiger partial charge in [0.25, 0.3) is 5.91 Å². The van der Waals surface area contributed by atoms with Crippen molar-refractivity contribution in [2.45, 2.75) is 31.6 Å². The Morgan fingerprint density at radius 2 is 1.60 bits per heavy atom. The first-order valence-corrected chi connectivity index (χ1v) is 12.8. The molecule has 3 atom stereocenters. The van der Waals surface area contributed by atoms with Crippen molar-refractivity contribution in [3.05, 3.63) is 108 Å². The van der Waals surface area contributed by atoms with Crippen molar-refractivity contribution in [2.75, 3.05) is 13.7 Å². The van der Waals surface area contributed by atoms with E-state index in [0.717, 1.165) is 16.7 Å². The monoisotopic (exact) mass is 540 g/mol. The fraction of sp³-hybridized carbons (Fsp3) is 0.219. The standard InChI is InChI=1S/C32H32N2O6/c1-22(39-21-32(2,20-35)34-31(37)28-29(36)27(38-3)18-19-33-28)30(40-26-12-8-5-9-13-26)25-16-14-24(15-17-25)23-10-6-4-7-11-23/h4-20,22,30,36H,21H2,1-3H3,(H,34,37)/t22-,30-,32-/m0/s1. The molecule has 4 rings (SSSR count). The van der Waals surface area contributed by atoms with Crippen molar-refractivity contribution in [1.82, 2.24) is 10.3 Å². The molecule has 0 unspecified atom stereocenters. The third kappa shape index (κ3) is 6.84. The highest BCUT2D eigenvalue weighted by atomic mass is 16.5. The maximum atomic E-state index is 12.9. The van der Waals surface area contributed by atoms with Gasteiger partial charge in [-0.3, -0.25) is 4.79 Å². The van der Waals surface area contributed by atoms with Gasteiger partial charge in [-0.2, -0.15) is 0 Å². The Bertz CT molecular complexity index is 1410. The SMILES string of the molecule is COc1ccnc(C(=O)N[C@@](C)(C=O)CO[C@@H](C)[C@H](Oc2ccccc2)c2ccc(-c3ccccc3)cc2)c1O. The zero-order chi connectivity index (χ0) is 28.5. The van der Waals surface area contributed by atoms with Crippen LogP contribution in [0.25, 0.3) is 11.1 Å². The van der Waals surface area contributed by atoms with Gasteiger partial charge in [-0.1, -0.05) is 72.8 Å². The van der Waals surface area contributed by atoms with Gasteiger partial charge in [0.15, 0.2) is 17.2 Å². The number of carbonyl (C=O) groups is 2. The quantitative estimate of drug-likeness (QED) is 0.233. The molecule has 1 amide bonds. The van der Waals surface area contributed by atoms with Crippen molar-refractivity contribution >= 4 is 12.2 Å². The zero-order valence-corrected chi connectivity index (χ0v) is 22.6. The Morgan fingerprint density at radius 3 is 2.23 bits per heavy atom. The van der Waals surface area contributed by atoms with Gasteiger partial charge in [0.1, 0.15) is 23.7 Å². The lowest BCUT2D eigenvalue weighted by Crippen LogP contribution is -2.52. The Morgan fingerprint density at radius 1 is 0.975 bits per heavy atom. The van der Waals surface area contributed by atoms with Crippen LogP contribution in [0.4, 0.5) is 0 Å². The summed E-state index contributed by atoms with van der Waals surface area (Å²) in [6, 6.07) is 28.9. The molecule has 0 saturated heterocycles. The summed E-state index contributed by atoms with van der Waals surface area (Å²) in [7, 11) is 1.37. The lowest BCUT2D eigenvalue weighted by Gasteiger charge is -2.30. The summed E-state index contributed by atoms with van der Waals surface area (Å²) >= 11 is 0. The number of methoxy groups -OCH3 is 1. The van der Waals surface area contributed by atoms with Crippen molar-refractivity contribution < 1.29 is 28.9 Å². The normalized spacial score (nSPS) is 13.9. The van der Waals surface area contributed by atoms with Crippen LogP contribution in [0.15, 0.2) is 97.2 Å². The Balaban J connectivity index is 1.51. The van der Waals surface area contributed by atoms with E-state index in [-0.39, 0.29) is 18.1 Å². The van der Waals surface area contributed by atoms with E-state index in [9.17, 15) is 14.7 Å². The molecule has 0 aliphatic heterocycles. The molecule has 206 valence electrons. The van der Waals surface area contributed by atoms with Gasteiger partial charge < -0.3 is 29.4 Å². The number of pyridine rings is 1. The second-order valence-electron chi connectivity index (χ2n) is 9.56. The maximum absolute atomic E-state index is 12.9. The lowest BCUT2D eigenvalue weighted by atomic mass is 9.99. The number of rotatable bonds is 12. The molecular formula is C32H32N2O6. The molecule has 1 aromatic heterocycles. The third-order valence-electron chi connectivity index (χ3n) is 6.41. The zero-order valence-electron chi connectivity index (χ0n) is 22.6. The van der Waals surface area contributed by atoms with Crippen LogP contribution < -0.4 is 14.8 Å². The molecule has 3 aromatic carbocycles. The number of benzene rings is 3. The number of aromatic nitrogens is 1. The van der Waals surface area contributed by atoms with Gasteiger partial charge in [0, 0.05) is 12.3 Å². The molecule has 2 N–H and O–H groups in total. The van der Waals surface area contributed by atoms with E-state index in [2.05, 4.69) is 10.3 Å². The van der Waals surface area contributed by atoms with E-state index in [1.54, 1.807) is 0 Å². The van der Waals surface area contributed by atoms with Gasteiger partial charge in [-0.05, 0) is 42.7 Å². The van der Waals surface area contributed by atoms with Crippen LogP contribution in [-0.4, -0.2) is 47.6 Å². The van der Waals surface area contributed by atoms with Gasteiger partial charge >= 0.3 is 0 Å². The summed E-state index contributed by atoms with van der Waals surface area (Å²) in [5.74, 6) is -0.394. The summed E-state index contributed by atoms with van der Waals surface area (Å²) < 4.78 is 17.5. The molecule has 8 nitrogen and oxygen atoms in total. The third-order valence-corrected chi connectivity index (χ3v) is 6.41. The number of nitrogens with zero attached hydrogens (tertiary/aromatic N) is 1. The number of para-hydroxylation sites is 1. The van der Waals surface area contributed by atoms with E-state index >= 15 is 0 Å². The van der Waals surface area contributed by atoms with Crippen LogP contribution in [0.1, 0.15) is 36.0 Å². The minimum Gasteiger partial charge on any atom is -0.503 e. The van der Waals surface area contributed by atoms with Gasteiger partial charge in [-0.15, -0.1) is 0 Å². The first-order chi connectivity index (χ1) is 19.3. The van der Waals surface area contributed by atoms with Crippen LogP contribution in [0.2, 0.25) is 0 Å². The van der Waals surface area contributed by atoms with Crippen molar-refractivity contribution in [3.8, 4) is 28.4 Å². The predicted octanol–water partition coefficient (Wildman–Crippen LogP) is 5.38. The second kappa shape index (κ2) is 12.9. The highest BCUT2D eigenvalue weighted by molar-refractivity contribution is 5.97. The molecule has 0 aliphatic rings. The molecule has 40 heavy (non-hydrogen) atoms. The van der Waals surface area contributed by atoms with Gasteiger partial charge in [0.2, 0.25) is 0 Å². The average molecular weight is 541 g/mol. The van der Waals surface area contributed by atoms with Crippen molar-refractivity contribution in [2.24, 2.45) is 0 Å². The molecule has 1 heterocycles. The fourth-order valence-corrected chi connectivity index (χ4v) is 4.15. The first-order valence-electron chi connectivity index (χ1n) is 12.8. The van der Waals surface area contributed by atoms with Crippen LogP contribution in [0.5, 0.6) is 17.2 Å². The van der Waals surface area contributed by atoms with E-state index in [0.29, 0.717) is 12.0 Å². The number of nitrogens with one attached hydrogen (secondary N) is 1. The van der Waals surface area contributed by atoms with Crippen LogP contribution in [0, 0.1) is 0 Å². The van der Waals surface area contributed by atoms with E-state index in [1.807, 2.05) is 91.9 Å².